The highest BCUT2D eigenvalue weighted by atomic mass is 32.2. The van der Waals surface area contributed by atoms with Crippen molar-refractivity contribution in [2.75, 3.05) is 6.61 Å². The second-order valence-corrected chi connectivity index (χ2v) is 11.1. The number of hydrogen-bond donors (Lipinski definition) is 1. The summed E-state index contributed by atoms with van der Waals surface area (Å²) in [5.41, 5.74) is 10.5. The molecule has 1 saturated carbocycles. The number of carbonyl (C=O) groups excluding carboxylic acids is 1. The highest BCUT2D eigenvalue weighted by Crippen LogP contribution is 2.36. The van der Waals surface area contributed by atoms with Gasteiger partial charge in [0.1, 0.15) is 12.4 Å². The Hall–Kier alpha value is -3.69. The average Bonchev–Trinajstić information content (AvgIpc) is 3.68. The molecule has 192 valence electrons. The zero-order valence-electron chi connectivity index (χ0n) is 20.6. The van der Waals surface area contributed by atoms with Crippen LogP contribution in [-0.2, 0) is 39.1 Å². The molecule has 1 fully saturated rings. The van der Waals surface area contributed by atoms with Gasteiger partial charge in [-0.3, -0.25) is 9.78 Å². The lowest BCUT2D eigenvalue weighted by atomic mass is 9.99. The lowest BCUT2D eigenvalue weighted by Crippen LogP contribution is -2.16. The van der Waals surface area contributed by atoms with Crippen molar-refractivity contribution >= 4 is 26.9 Å². The Morgan fingerprint density at radius 2 is 1.95 bits per heavy atom. The fraction of sp³-hybridized carbons (Fsp3) is 0.286. The Kier molecular flexibility index (Phi) is 6.99. The van der Waals surface area contributed by atoms with Crippen molar-refractivity contribution in [1.29, 1.82) is 0 Å². The first-order valence-electron chi connectivity index (χ1n) is 12.3. The van der Waals surface area contributed by atoms with Crippen LogP contribution in [-0.4, -0.2) is 35.2 Å². The van der Waals surface area contributed by atoms with Gasteiger partial charge in [0.2, 0.25) is 10.0 Å². The van der Waals surface area contributed by atoms with E-state index in [2.05, 4.69) is 4.98 Å². The maximum absolute atomic E-state index is 13.2. The van der Waals surface area contributed by atoms with Crippen molar-refractivity contribution in [3.63, 3.8) is 0 Å². The van der Waals surface area contributed by atoms with E-state index in [4.69, 9.17) is 15.2 Å². The van der Waals surface area contributed by atoms with Crippen LogP contribution >= 0.6 is 0 Å². The number of para-hydroxylation sites is 1. The minimum Gasteiger partial charge on any atom is -0.489 e. The topological polar surface area (TPSA) is 114 Å². The third-order valence-corrected chi connectivity index (χ3v) is 8.58. The van der Waals surface area contributed by atoms with E-state index in [1.807, 2.05) is 54.6 Å². The minimum atomic E-state index is -3.48. The second kappa shape index (κ2) is 10.4. The Labute approximate surface area is 216 Å². The van der Waals surface area contributed by atoms with Crippen LogP contribution in [0.15, 0.2) is 67.0 Å². The van der Waals surface area contributed by atoms with Crippen LogP contribution in [0.25, 0.3) is 22.0 Å². The lowest BCUT2D eigenvalue weighted by Gasteiger charge is -2.14. The highest BCUT2D eigenvalue weighted by Gasteiger charge is 2.37. The SMILES string of the molecule is CCOC(=O)Cc1ccccc1OCc1cc(-c2ccnc(CN)c2)c2ccn(S(=O)(=O)C3CC3)c2c1. The van der Waals surface area contributed by atoms with Crippen LogP contribution in [0, 0.1) is 0 Å². The molecule has 8 nitrogen and oxygen atoms in total. The predicted molar refractivity (Wildman–Crippen MR) is 142 cm³/mol. The van der Waals surface area contributed by atoms with Gasteiger partial charge in [0, 0.05) is 29.9 Å². The normalized spacial score (nSPS) is 13.6. The van der Waals surface area contributed by atoms with Crippen LogP contribution in [0.4, 0.5) is 0 Å². The third kappa shape index (κ3) is 5.23. The molecule has 0 spiro atoms. The van der Waals surface area contributed by atoms with Crippen molar-refractivity contribution in [2.24, 2.45) is 5.73 Å². The highest BCUT2D eigenvalue weighted by molar-refractivity contribution is 7.91. The largest absolute Gasteiger partial charge is 0.489 e. The molecular weight excluding hydrogens is 490 g/mol. The van der Waals surface area contributed by atoms with Gasteiger partial charge in [0.15, 0.2) is 0 Å². The molecule has 0 atom stereocenters. The van der Waals surface area contributed by atoms with E-state index in [1.54, 1.807) is 19.3 Å². The lowest BCUT2D eigenvalue weighted by molar-refractivity contribution is -0.142. The predicted octanol–water partition coefficient (Wildman–Crippen LogP) is 4.19. The summed E-state index contributed by atoms with van der Waals surface area (Å²) < 4.78 is 39.0. The number of nitrogens with two attached hydrogens (primary N) is 1. The molecule has 2 aromatic carbocycles. The Bertz CT molecular complexity index is 1560. The first-order valence-corrected chi connectivity index (χ1v) is 13.8. The number of nitrogens with zero attached hydrogens (tertiary/aromatic N) is 2. The summed E-state index contributed by atoms with van der Waals surface area (Å²) in [5.74, 6) is 0.256. The molecular formula is C28H29N3O5S. The molecule has 4 aromatic rings. The van der Waals surface area contributed by atoms with E-state index in [0.29, 0.717) is 37.3 Å². The van der Waals surface area contributed by atoms with Gasteiger partial charge in [-0.15, -0.1) is 0 Å². The molecule has 0 radical (unpaired) electrons. The summed E-state index contributed by atoms with van der Waals surface area (Å²) in [6, 6.07) is 16.8. The number of hydrogen-bond acceptors (Lipinski definition) is 7. The van der Waals surface area contributed by atoms with E-state index in [-0.39, 0.29) is 24.2 Å². The summed E-state index contributed by atoms with van der Waals surface area (Å²) in [7, 11) is -3.48. The molecule has 0 saturated heterocycles. The van der Waals surface area contributed by atoms with Crippen molar-refractivity contribution in [1.82, 2.24) is 8.96 Å². The molecule has 0 bridgehead atoms. The smallest absolute Gasteiger partial charge is 0.310 e. The molecule has 0 amide bonds. The summed E-state index contributed by atoms with van der Waals surface area (Å²) in [4.78, 5) is 16.3. The summed E-state index contributed by atoms with van der Waals surface area (Å²) in [6.45, 7) is 2.57. The number of esters is 1. The maximum Gasteiger partial charge on any atom is 0.310 e. The molecule has 37 heavy (non-hydrogen) atoms. The van der Waals surface area contributed by atoms with Gasteiger partial charge in [-0.05, 0) is 72.9 Å². The van der Waals surface area contributed by atoms with Crippen LogP contribution in [0.5, 0.6) is 5.75 Å². The van der Waals surface area contributed by atoms with E-state index < -0.39 is 10.0 Å². The van der Waals surface area contributed by atoms with Gasteiger partial charge < -0.3 is 15.2 Å². The molecule has 2 aromatic heterocycles. The minimum absolute atomic E-state index is 0.107. The van der Waals surface area contributed by atoms with Gasteiger partial charge >= 0.3 is 5.97 Å². The number of fused-ring (bicyclic) bond motifs is 1. The second-order valence-electron chi connectivity index (χ2n) is 9.05. The van der Waals surface area contributed by atoms with Crippen molar-refractivity contribution in [3.8, 4) is 16.9 Å². The quantitative estimate of drug-likeness (QED) is 0.313. The molecule has 1 aliphatic rings. The fourth-order valence-electron chi connectivity index (χ4n) is 4.42. The molecule has 1 aliphatic carbocycles. The molecule has 5 rings (SSSR count). The first kappa shape index (κ1) is 25.0. The van der Waals surface area contributed by atoms with Gasteiger partial charge in [-0.2, -0.15) is 0 Å². The number of aromatic nitrogens is 2. The number of carbonyl (C=O) groups is 1. The Balaban J connectivity index is 1.54. The number of pyridine rings is 1. The standard InChI is InChI=1S/C28H29N3O5S/c1-2-35-28(32)16-21-5-3-4-6-27(21)36-18-19-13-25(20-9-11-30-22(15-20)17-29)24-10-12-31(26(24)14-19)37(33,34)23-7-8-23/h3-6,9-15,23H,2,7-8,16-18,29H2,1H3. The number of ether oxygens (including phenoxy) is 2. The molecule has 2 heterocycles. The average molecular weight is 520 g/mol. The van der Waals surface area contributed by atoms with Gasteiger partial charge in [0.25, 0.3) is 0 Å². The molecule has 0 unspecified atom stereocenters. The fourth-order valence-corrected chi connectivity index (χ4v) is 6.13. The van der Waals surface area contributed by atoms with Crippen LogP contribution in [0.2, 0.25) is 0 Å². The zero-order valence-corrected chi connectivity index (χ0v) is 21.4. The van der Waals surface area contributed by atoms with E-state index in [1.165, 1.54) is 3.97 Å². The van der Waals surface area contributed by atoms with E-state index >= 15 is 0 Å². The zero-order chi connectivity index (χ0) is 26.0. The molecule has 2 N–H and O–H groups in total. The van der Waals surface area contributed by atoms with Crippen LogP contribution < -0.4 is 10.5 Å². The first-order chi connectivity index (χ1) is 17.9. The summed E-state index contributed by atoms with van der Waals surface area (Å²) >= 11 is 0. The maximum atomic E-state index is 13.2. The number of benzene rings is 2. The third-order valence-electron chi connectivity index (χ3n) is 6.40. The van der Waals surface area contributed by atoms with Crippen LogP contribution in [0.1, 0.15) is 36.6 Å². The monoisotopic (exact) mass is 519 g/mol. The van der Waals surface area contributed by atoms with Gasteiger partial charge in [-0.1, -0.05) is 18.2 Å². The van der Waals surface area contributed by atoms with Crippen molar-refractivity contribution < 1.29 is 22.7 Å². The number of rotatable bonds is 10. The van der Waals surface area contributed by atoms with Crippen molar-refractivity contribution in [3.05, 3.63) is 83.8 Å². The summed E-state index contributed by atoms with van der Waals surface area (Å²) in [6.07, 6.45) is 4.80. The van der Waals surface area contributed by atoms with E-state index in [0.717, 1.165) is 33.3 Å². The van der Waals surface area contributed by atoms with Crippen LogP contribution in [0.3, 0.4) is 0 Å². The molecule has 9 heteroatoms. The van der Waals surface area contributed by atoms with E-state index in [9.17, 15) is 13.2 Å². The van der Waals surface area contributed by atoms with Gasteiger partial charge in [-0.25, -0.2) is 12.4 Å². The summed E-state index contributed by atoms with van der Waals surface area (Å²) in [5, 5.41) is 0.482. The Morgan fingerprint density at radius 3 is 2.70 bits per heavy atom. The molecule has 0 aliphatic heterocycles. The van der Waals surface area contributed by atoms with Crippen molar-refractivity contribution in [2.45, 2.75) is 44.6 Å². The van der Waals surface area contributed by atoms with Gasteiger partial charge in [0.05, 0.1) is 29.5 Å². The Morgan fingerprint density at radius 1 is 1.14 bits per heavy atom.